The summed E-state index contributed by atoms with van der Waals surface area (Å²) in [4.78, 5) is 79.0. The number of fused-ring (bicyclic) bond motifs is 2. The molecular weight excluding hydrogens is 608 g/mol. The summed E-state index contributed by atoms with van der Waals surface area (Å²) in [6, 6.07) is 25.5. The molecule has 4 aromatic carbocycles. The number of imide groups is 2. The quantitative estimate of drug-likeness (QED) is 0.250. The Labute approximate surface area is 277 Å². The Hall–Kier alpha value is -5.64. The molecule has 2 heterocycles. The molecule has 0 radical (unpaired) electrons. The fourth-order valence-corrected chi connectivity index (χ4v) is 6.50. The molecule has 1 saturated carbocycles. The summed E-state index contributed by atoms with van der Waals surface area (Å²) in [5.41, 5.74) is 3.45. The maximum Gasteiger partial charge on any atom is 0.262 e. The van der Waals surface area contributed by atoms with Gasteiger partial charge in [-0.1, -0.05) is 66.7 Å². The van der Waals surface area contributed by atoms with Gasteiger partial charge in [0.25, 0.3) is 17.7 Å². The van der Waals surface area contributed by atoms with Gasteiger partial charge in [-0.2, -0.15) is 0 Å². The number of hydrogen-bond acceptors (Lipinski definition) is 6. The zero-order chi connectivity index (χ0) is 33.4. The van der Waals surface area contributed by atoms with Gasteiger partial charge < -0.3 is 10.2 Å². The van der Waals surface area contributed by atoms with Crippen molar-refractivity contribution in [3.05, 3.63) is 118 Å². The van der Waals surface area contributed by atoms with Crippen molar-refractivity contribution in [1.82, 2.24) is 20.4 Å². The third-order valence-electron chi connectivity index (χ3n) is 9.32. The average molecular weight is 643 g/mol. The largest absolute Gasteiger partial charge is 0.348 e. The van der Waals surface area contributed by atoms with Crippen LogP contribution in [0.4, 0.5) is 0 Å². The smallest absolute Gasteiger partial charge is 0.262 e. The first kappa shape index (κ1) is 31.0. The van der Waals surface area contributed by atoms with Crippen molar-refractivity contribution in [1.29, 1.82) is 0 Å². The zero-order valence-corrected chi connectivity index (χ0v) is 26.2. The van der Waals surface area contributed by atoms with Crippen molar-refractivity contribution >= 4 is 46.2 Å². The zero-order valence-electron chi connectivity index (χ0n) is 26.2. The lowest BCUT2D eigenvalue weighted by Gasteiger charge is -2.27. The summed E-state index contributed by atoms with van der Waals surface area (Å²) in [5.74, 6) is -2.53. The van der Waals surface area contributed by atoms with Gasteiger partial charge >= 0.3 is 0 Å². The molecule has 7 rings (SSSR count). The molecule has 0 bridgehead atoms. The molecule has 2 fully saturated rings. The second-order valence-electron chi connectivity index (χ2n) is 12.6. The minimum Gasteiger partial charge on any atom is -0.348 e. The number of hydrogen-bond donors (Lipinski definition) is 2. The Morgan fingerprint density at radius 3 is 2.31 bits per heavy atom. The lowest BCUT2D eigenvalue weighted by atomic mass is 10.0. The van der Waals surface area contributed by atoms with Crippen molar-refractivity contribution in [3.8, 4) is 0 Å². The predicted octanol–water partition coefficient (Wildman–Crippen LogP) is 4.15. The molecule has 48 heavy (non-hydrogen) atoms. The normalized spacial score (nSPS) is 17.3. The lowest BCUT2D eigenvalue weighted by Crippen LogP contribution is -2.54. The van der Waals surface area contributed by atoms with Crippen molar-refractivity contribution in [2.45, 2.75) is 51.2 Å². The van der Waals surface area contributed by atoms with Crippen LogP contribution in [0.2, 0.25) is 0 Å². The van der Waals surface area contributed by atoms with Gasteiger partial charge in [-0.3, -0.25) is 39.0 Å². The average Bonchev–Trinajstić information content (AvgIpc) is 3.92. The van der Waals surface area contributed by atoms with Crippen LogP contribution in [0.3, 0.4) is 0 Å². The first-order valence-corrected chi connectivity index (χ1v) is 16.2. The summed E-state index contributed by atoms with van der Waals surface area (Å²) in [6.07, 6.45) is 2.73. The van der Waals surface area contributed by atoms with Crippen LogP contribution in [0.25, 0.3) is 10.8 Å². The molecule has 1 atom stereocenters. The number of piperidine rings is 1. The predicted molar refractivity (Wildman–Crippen MR) is 177 cm³/mol. The Morgan fingerprint density at radius 2 is 1.54 bits per heavy atom. The first-order chi connectivity index (χ1) is 23.3. The van der Waals surface area contributed by atoms with Gasteiger partial charge in [0.05, 0.1) is 11.1 Å². The van der Waals surface area contributed by atoms with E-state index >= 15 is 0 Å². The first-order valence-electron chi connectivity index (χ1n) is 16.2. The van der Waals surface area contributed by atoms with E-state index in [0.717, 1.165) is 35.3 Å². The number of benzene rings is 4. The van der Waals surface area contributed by atoms with Gasteiger partial charge in [-0.05, 0) is 71.3 Å². The van der Waals surface area contributed by atoms with Crippen molar-refractivity contribution in [2.75, 3.05) is 6.54 Å². The molecule has 10 heteroatoms. The molecule has 6 amide bonds. The van der Waals surface area contributed by atoms with Crippen LogP contribution < -0.4 is 10.6 Å². The third kappa shape index (κ3) is 6.21. The molecule has 1 aliphatic carbocycles. The highest BCUT2D eigenvalue weighted by atomic mass is 16.2. The molecule has 2 aliphatic heterocycles. The molecule has 242 valence electrons. The summed E-state index contributed by atoms with van der Waals surface area (Å²) in [6.45, 7) is 1.36. The molecule has 0 aromatic heterocycles. The van der Waals surface area contributed by atoms with Gasteiger partial charge in [0, 0.05) is 37.5 Å². The monoisotopic (exact) mass is 642 g/mol. The molecule has 3 aliphatic rings. The van der Waals surface area contributed by atoms with E-state index in [4.69, 9.17) is 0 Å². The molecule has 0 spiro atoms. The van der Waals surface area contributed by atoms with E-state index in [-0.39, 0.29) is 47.9 Å². The third-order valence-corrected chi connectivity index (χ3v) is 9.32. The molecular formula is C38H34N4O6. The standard InChI is InChI=1S/C38H34N4O6/c43-33-17-16-32(35(45)40-33)42-37(47)30-15-14-28(20-31(30)38(42)48)34(44)39-21-23-8-10-24(11-9-23)22-41(36(46)27-12-13-27)19-18-26-6-3-5-25-4-1-2-7-29(25)26/h1-11,14-15,20,27,32H,12-13,16-19,21-22H2,(H,39,44)(H,40,43,45). The minimum atomic E-state index is -1.07. The number of amides is 6. The molecule has 1 unspecified atom stereocenters. The summed E-state index contributed by atoms with van der Waals surface area (Å²) in [5, 5.41) is 7.43. The van der Waals surface area contributed by atoms with E-state index in [1.807, 2.05) is 41.3 Å². The highest BCUT2D eigenvalue weighted by Crippen LogP contribution is 2.32. The number of nitrogens with one attached hydrogen (secondary N) is 2. The maximum absolute atomic E-state index is 13.2. The van der Waals surface area contributed by atoms with Crippen LogP contribution >= 0.6 is 0 Å². The highest BCUT2D eigenvalue weighted by molar-refractivity contribution is 6.24. The van der Waals surface area contributed by atoms with Crippen molar-refractivity contribution in [2.24, 2.45) is 5.92 Å². The summed E-state index contributed by atoms with van der Waals surface area (Å²) < 4.78 is 0. The van der Waals surface area contributed by atoms with E-state index < -0.39 is 35.6 Å². The Bertz CT molecular complexity index is 1980. The number of carbonyl (C=O) groups is 6. The van der Waals surface area contributed by atoms with E-state index in [9.17, 15) is 28.8 Å². The molecule has 2 N–H and O–H groups in total. The van der Waals surface area contributed by atoms with Crippen LogP contribution in [-0.4, -0.2) is 57.8 Å². The van der Waals surface area contributed by atoms with Crippen LogP contribution in [0.15, 0.2) is 84.9 Å². The van der Waals surface area contributed by atoms with Gasteiger partial charge in [0.1, 0.15) is 6.04 Å². The molecule has 10 nitrogen and oxygen atoms in total. The van der Waals surface area contributed by atoms with Gasteiger partial charge in [0.2, 0.25) is 17.7 Å². The SMILES string of the molecule is O=C1CCC(N2C(=O)c3ccc(C(=O)NCc4ccc(CN(CCc5cccc6ccccc56)C(=O)C5CC5)cc4)cc3C2=O)C(=O)N1. The van der Waals surface area contributed by atoms with E-state index in [0.29, 0.717) is 13.1 Å². The van der Waals surface area contributed by atoms with Gasteiger partial charge in [-0.15, -0.1) is 0 Å². The van der Waals surface area contributed by atoms with E-state index in [1.165, 1.54) is 34.5 Å². The number of nitrogens with zero attached hydrogens (tertiary/aromatic N) is 2. The maximum atomic E-state index is 13.2. The van der Waals surface area contributed by atoms with E-state index in [2.05, 4.69) is 41.0 Å². The van der Waals surface area contributed by atoms with Crippen molar-refractivity contribution < 1.29 is 28.8 Å². The Kier molecular flexibility index (Phi) is 8.31. The van der Waals surface area contributed by atoms with E-state index in [1.54, 1.807) is 0 Å². The highest BCUT2D eigenvalue weighted by Gasteiger charge is 2.44. The fourth-order valence-electron chi connectivity index (χ4n) is 6.50. The second kappa shape index (κ2) is 12.9. The topological polar surface area (TPSA) is 133 Å². The van der Waals surface area contributed by atoms with Crippen molar-refractivity contribution in [3.63, 3.8) is 0 Å². The number of carbonyl (C=O) groups excluding carboxylic acids is 6. The molecule has 1 saturated heterocycles. The lowest BCUT2D eigenvalue weighted by molar-refractivity contribution is -0.136. The van der Waals surface area contributed by atoms with Crippen LogP contribution in [-0.2, 0) is 33.9 Å². The Morgan fingerprint density at radius 1 is 0.812 bits per heavy atom. The minimum absolute atomic E-state index is 0.0290. The van der Waals surface area contributed by atoms with Crippen LogP contribution in [0.1, 0.15) is 73.4 Å². The second-order valence-corrected chi connectivity index (χ2v) is 12.6. The van der Waals surface area contributed by atoms with Gasteiger partial charge in [0.15, 0.2) is 0 Å². The number of rotatable bonds is 10. The fraction of sp³-hybridized carbons (Fsp3) is 0.263. The van der Waals surface area contributed by atoms with Crippen LogP contribution in [0, 0.1) is 5.92 Å². The van der Waals surface area contributed by atoms with Crippen LogP contribution in [0.5, 0.6) is 0 Å². The summed E-state index contributed by atoms with van der Waals surface area (Å²) in [7, 11) is 0. The summed E-state index contributed by atoms with van der Waals surface area (Å²) >= 11 is 0. The van der Waals surface area contributed by atoms with Gasteiger partial charge in [-0.25, -0.2) is 0 Å². The Balaban J connectivity index is 0.971. The molecule has 4 aromatic rings.